The normalized spacial score (nSPS) is 22.9. The van der Waals surface area contributed by atoms with Crippen LogP contribution in [0.1, 0.15) is 24.4 Å². The third kappa shape index (κ3) is 1.59. The molecule has 1 aromatic heterocycles. The van der Waals surface area contributed by atoms with Crippen molar-refractivity contribution >= 4 is 11.6 Å². The van der Waals surface area contributed by atoms with Gasteiger partial charge in [-0.05, 0) is 31.0 Å². The lowest BCUT2D eigenvalue weighted by Gasteiger charge is -2.09. The molecule has 1 saturated heterocycles. The fourth-order valence-corrected chi connectivity index (χ4v) is 1.77. The monoisotopic (exact) mass is 182 g/mol. The zero-order valence-electron chi connectivity index (χ0n) is 6.76. The summed E-state index contributed by atoms with van der Waals surface area (Å²) in [6, 6.07) is 2.45. The van der Waals surface area contributed by atoms with E-state index < -0.39 is 0 Å². The van der Waals surface area contributed by atoms with Crippen molar-refractivity contribution < 1.29 is 0 Å². The number of aromatic nitrogens is 1. The molecule has 0 aromatic carbocycles. The van der Waals surface area contributed by atoms with Crippen molar-refractivity contribution in [2.75, 3.05) is 6.54 Å². The van der Waals surface area contributed by atoms with Crippen molar-refractivity contribution in [3.63, 3.8) is 0 Å². The average Bonchev–Trinajstić information content (AvgIpc) is 2.56. The highest BCUT2D eigenvalue weighted by molar-refractivity contribution is 6.30. The molecule has 2 rings (SSSR count). The van der Waals surface area contributed by atoms with Crippen LogP contribution in [0.3, 0.4) is 0 Å². The minimum atomic E-state index is 0.469. The minimum absolute atomic E-state index is 0.469. The van der Waals surface area contributed by atoms with Gasteiger partial charge in [-0.2, -0.15) is 0 Å². The number of hydrogen-bond donors (Lipinski definition) is 1. The Balaban J connectivity index is 2.21. The zero-order chi connectivity index (χ0) is 8.39. The third-order valence-electron chi connectivity index (χ3n) is 2.19. The fraction of sp³-hybridized carbons (Fsp3) is 0.444. The summed E-state index contributed by atoms with van der Waals surface area (Å²) in [6.07, 6.45) is 5.99. The molecule has 0 unspecified atom stereocenters. The molecule has 1 fully saturated rings. The standard InChI is InChI=1S/C9H11ClN2/c10-8-4-7(5-11-6-8)9-2-1-3-12-9/h4-6,9,12H,1-3H2/t9-/m1/s1. The van der Waals surface area contributed by atoms with Gasteiger partial charge >= 0.3 is 0 Å². The average molecular weight is 183 g/mol. The van der Waals surface area contributed by atoms with Gasteiger partial charge in [0.05, 0.1) is 5.02 Å². The summed E-state index contributed by atoms with van der Waals surface area (Å²) < 4.78 is 0. The number of rotatable bonds is 1. The summed E-state index contributed by atoms with van der Waals surface area (Å²) in [5.74, 6) is 0. The number of pyridine rings is 1. The molecular formula is C9H11ClN2. The van der Waals surface area contributed by atoms with E-state index in [1.165, 1.54) is 18.4 Å². The summed E-state index contributed by atoms with van der Waals surface area (Å²) >= 11 is 5.83. The molecule has 12 heavy (non-hydrogen) atoms. The highest BCUT2D eigenvalue weighted by Crippen LogP contribution is 2.23. The van der Waals surface area contributed by atoms with Gasteiger partial charge < -0.3 is 5.32 Å². The molecule has 1 aromatic rings. The maximum Gasteiger partial charge on any atom is 0.0592 e. The van der Waals surface area contributed by atoms with E-state index in [-0.39, 0.29) is 0 Å². The fourth-order valence-electron chi connectivity index (χ4n) is 1.59. The molecule has 1 atom stereocenters. The van der Waals surface area contributed by atoms with Crippen LogP contribution >= 0.6 is 11.6 Å². The van der Waals surface area contributed by atoms with E-state index in [0.717, 1.165) is 11.6 Å². The summed E-state index contributed by atoms with van der Waals surface area (Å²) in [6.45, 7) is 1.11. The lowest BCUT2D eigenvalue weighted by atomic mass is 10.1. The molecule has 0 saturated carbocycles. The molecule has 1 N–H and O–H groups in total. The lowest BCUT2D eigenvalue weighted by Crippen LogP contribution is -2.12. The smallest absolute Gasteiger partial charge is 0.0592 e. The van der Waals surface area contributed by atoms with E-state index in [1.54, 1.807) is 6.20 Å². The molecule has 64 valence electrons. The molecule has 1 aliphatic rings. The van der Waals surface area contributed by atoms with Crippen LogP contribution < -0.4 is 5.32 Å². The van der Waals surface area contributed by atoms with Gasteiger partial charge in [-0.3, -0.25) is 4.98 Å². The van der Waals surface area contributed by atoms with Crippen LogP contribution in [0.25, 0.3) is 0 Å². The van der Waals surface area contributed by atoms with Gasteiger partial charge in [0.15, 0.2) is 0 Å². The Labute approximate surface area is 77.0 Å². The maximum absolute atomic E-state index is 5.83. The Bertz CT molecular complexity index is 269. The van der Waals surface area contributed by atoms with E-state index in [1.807, 2.05) is 12.3 Å². The molecule has 0 spiro atoms. The molecule has 0 aliphatic carbocycles. The van der Waals surface area contributed by atoms with Crippen LogP contribution in [0.4, 0.5) is 0 Å². The second-order valence-corrected chi connectivity index (χ2v) is 3.52. The van der Waals surface area contributed by atoms with Crippen molar-refractivity contribution in [2.45, 2.75) is 18.9 Å². The van der Waals surface area contributed by atoms with Crippen LogP contribution in [0, 0.1) is 0 Å². The number of halogens is 1. The maximum atomic E-state index is 5.83. The van der Waals surface area contributed by atoms with Gasteiger partial charge in [-0.1, -0.05) is 11.6 Å². The lowest BCUT2D eigenvalue weighted by molar-refractivity contribution is 0.645. The predicted octanol–water partition coefficient (Wildman–Crippen LogP) is 2.16. The van der Waals surface area contributed by atoms with Crippen LogP contribution in [-0.4, -0.2) is 11.5 Å². The minimum Gasteiger partial charge on any atom is -0.310 e. The number of nitrogens with one attached hydrogen (secondary N) is 1. The topological polar surface area (TPSA) is 24.9 Å². The van der Waals surface area contributed by atoms with E-state index in [4.69, 9.17) is 11.6 Å². The van der Waals surface area contributed by atoms with Gasteiger partial charge in [0.1, 0.15) is 0 Å². The largest absolute Gasteiger partial charge is 0.310 e. The molecule has 2 nitrogen and oxygen atoms in total. The summed E-state index contributed by atoms with van der Waals surface area (Å²) in [7, 11) is 0. The highest BCUT2D eigenvalue weighted by atomic mass is 35.5. The van der Waals surface area contributed by atoms with Gasteiger partial charge in [0.25, 0.3) is 0 Å². The Morgan fingerprint density at radius 2 is 2.42 bits per heavy atom. The van der Waals surface area contributed by atoms with Gasteiger partial charge in [0.2, 0.25) is 0 Å². The molecular weight excluding hydrogens is 172 g/mol. The summed E-state index contributed by atoms with van der Waals surface area (Å²) in [5, 5.41) is 4.12. The third-order valence-corrected chi connectivity index (χ3v) is 2.40. The van der Waals surface area contributed by atoms with Gasteiger partial charge in [0, 0.05) is 18.4 Å². The second kappa shape index (κ2) is 3.42. The van der Waals surface area contributed by atoms with Gasteiger partial charge in [-0.15, -0.1) is 0 Å². The van der Waals surface area contributed by atoms with E-state index in [0.29, 0.717) is 6.04 Å². The van der Waals surface area contributed by atoms with Crippen molar-refractivity contribution in [3.05, 3.63) is 29.0 Å². The number of nitrogens with zero attached hydrogens (tertiary/aromatic N) is 1. The molecule has 0 amide bonds. The van der Waals surface area contributed by atoms with E-state index >= 15 is 0 Å². The Morgan fingerprint density at radius 3 is 3.08 bits per heavy atom. The van der Waals surface area contributed by atoms with Crippen LogP contribution in [0.5, 0.6) is 0 Å². The zero-order valence-corrected chi connectivity index (χ0v) is 7.51. The first-order valence-corrected chi connectivity index (χ1v) is 4.58. The summed E-state index contributed by atoms with van der Waals surface area (Å²) in [5.41, 5.74) is 1.21. The molecule has 2 heterocycles. The second-order valence-electron chi connectivity index (χ2n) is 3.09. The molecule has 0 radical (unpaired) electrons. The Hall–Kier alpha value is -0.600. The molecule has 3 heteroatoms. The predicted molar refractivity (Wildman–Crippen MR) is 49.2 cm³/mol. The quantitative estimate of drug-likeness (QED) is 0.720. The van der Waals surface area contributed by atoms with Crippen molar-refractivity contribution in [3.8, 4) is 0 Å². The van der Waals surface area contributed by atoms with Gasteiger partial charge in [-0.25, -0.2) is 0 Å². The number of hydrogen-bond acceptors (Lipinski definition) is 2. The van der Waals surface area contributed by atoms with E-state index in [9.17, 15) is 0 Å². The van der Waals surface area contributed by atoms with Crippen LogP contribution in [0.15, 0.2) is 18.5 Å². The van der Waals surface area contributed by atoms with Crippen LogP contribution in [0.2, 0.25) is 5.02 Å². The van der Waals surface area contributed by atoms with E-state index in [2.05, 4.69) is 10.3 Å². The SMILES string of the molecule is Clc1cncc([C@H]2CCCN2)c1. The van der Waals surface area contributed by atoms with Crippen LogP contribution in [-0.2, 0) is 0 Å². The first-order chi connectivity index (χ1) is 5.86. The highest BCUT2D eigenvalue weighted by Gasteiger charge is 2.15. The Kier molecular flexibility index (Phi) is 2.28. The summed E-state index contributed by atoms with van der Waals surface area (Å²) in [4.78, 5) is 4.06. The van der Waals surface area contributed by atoms with Crippen molar-refractivity contribution in [1.29, 1.82) is 0 Å². The first kappa shape index (κ1) is 8.02. The van der Waals surface area contributed by atoms with Crippen molar-refractivity contribution in [2.24, 2.45) is 0 Å². The molecule has 0 bridgehead atoms. The Morgan fingerprint density at radius 1 is 1.50 bits per heavy atom. The van der Waals surface area contributed by atoms with Crippen molar-refractivity contribution in [1.82, 2.24) is 10.3 Å². The first-order valence-electron chi connectivity index (χ1n) is 4.20. The molecule has 1 aliphatic heterocycles.